The van der Waals surface area contributed by atoms with Crippen LogP contribution < -0.4 is 10.1 Å². The van der Waals surface area contributed by atoms with Gasteiger partial charge in [-0.2, -0.15) is 0 Å². The van der Waals surface area contributed by atoms with Crippen LogP contribution in [0.25, 0.3) is 16.6 Å². The molecule has 0 aliphatic carbocycles. The summed E-state index contributed by atoms with van der Waals surface area (Å²) in [5, 5.41) is 13.3. The summed E-state index contributed by atoms with van der Waals surface area (Å²) in [5.74, 6) is -0.366. The first-order valence-electron chi connectivity index (χ1n) is 16.8. The van der Waals surface area contributed by atoms with Gasteiger partial charge in [0.15, 0.2) is 0 Å². The van der Waals surface area contributed by atoms with Crippen molar-refractivity contribution in [3.63, 3.8) is 0 Å². The number of piperidine rings is 1. The monoisotopic (exact) mass is 659 g/mol. The first kappa shape index (κ1) is 33.4. The van der Waals surface area contributed by atoms with Crippen molar-refractivity contribution < 1.29 is 28.2 Å². The summed E-state index contributed by atoms with van der Waals surface area (Å²) in [7, 11) is 0. The number of piperazine rings is 1. The van der Waals surface area contributed by atoms with E-state index in [0.29, 0.717) is 69.2 Å². The van der Waals surface area contributed by atoms with Crippen molar-refractivity contribution in [3.05, 3.63) is 95.7 Å². The Balaban J connectivity index is 1.04. The van der Waals surface area contributed by atoms with Gasteiger partial charge in [-0.1, -0.05) is 36.4 Å². The summed E-state index contributed by atoms with van der Waals surface area (Å²) in [6.45, 7) is 6.97. The molecule has 2 aliphatic rings. The molecule has 48 heavy (non-hydrogen) atoms. The number of carbonyl (C=O) groups excluding carboxylic acids is 1. The zero-order chi connectivity index (χ0) is 33.6. The number of halogens is 2. The molecule has 2 N–H and O–H groups in total. The van der Waals surface area contributed by atoms with E-state index in [9.17, 15) is 23.5 Å². The number of amides is 2. The topological polar surface area (TPSA) is 90.3 Å². The average molecular weight is 660 g/mol. The molecule has 6 rings (SSSR count). The quantitative estimate of drug-likeness (QED) is 0.220. The van der Waals surface area contributed by atoms with E-state index < -0.39 is 12.1 Å². The molecule has 0 spiro atoms. The molecule has 1 unspecified atom stereocenters. The van der Waals surface area contributed by atoms with E-state index in [1.165, 1.54) is 12.1 Å². The lowest BCUT2D eigenvalue weighted by molar-refractivity contribution is -0.137. The molecule has 1 aromatic heterocycles. The number of nitrogens with zero attached hydrogens (tertiary/aromatic N) is 4. The minimum absolute atomic E-state index is 0.113. The van der Waals surface area contributed by atoms with E-state index in [0.717, 1.165) is 42.5 Å². The minimum Gasteiger partial charge on any atom is -0.493 e. The number of hydrogen-bond acceptors (Lipinski definition) is 5. The van der Waals surface area contributed by atoms with E-state index in [-0.39, 0.29) is 23.5 Å². The molecular weight excluding hydrogens is 616 g/mol. The van der Waals surface area contributed by atoms with Crippen molar-refractivity contribution in [3.8, 4) is 11.4 Å². The zero-order valence-electron chi connectivity index (χ0n) is 27.3. The molecule has 1 atom stereocenters. The number of carboxylic acid groups (broad SMARTS) is 1. The van der Waals surface area contributed by atoms with Crippen LogP contribution in [0.1, 0.15) is 30.9 Å². The Hall–Kier alpha value is -4.48. The molecule has 0 bridgehead atoms. The summed E-state index contributed by atoms with van der Waals surface area (Å²) in [5.41, 5.74) is 3.12. The summed E-state index contributed by atoms with van der Waals surface area (Å²) in [6.07, 6.45) is 2.99. The normalized spacial score (nSPS) is 17.0. The van der Waals surface area contributed by atoms with Crippen LogP contribution in [0, 0.1) is 17.6 Å². The number of hydrogen-bond donors (Lipinski definition) is 2. The molecule has 0 radical (unpaired) electrons. The maximum Gasteiger partial charge on any atom is 0.405 e. The number of fused-ring (bicyclic) bond motifs is 1. The second-order valence-corrected chi connectivity index (χ2v) is 12.6. The average Bonchev–Trinajstić information content (AvgIpc) is 3.46. The Kier molecular flexibility index (Phi) is 10.6. The lowest BCUT2D eigenvalue weighted by Crippen LogP contribution is -2.58. The SMILES string of the molecule is CCOc1cccc(F)c1CN1CCN(C(=O)C(NC(=O)O)C2CCN(CCc3cn(-c4ccccc4F)c4ccccc34)CC2)CC1. The highest BCUT2D eigenvalue weighted by Crippen LogP contribution is 2.29. The highest BCUT2D eigenvalue weighted by molar-refractivity contribution is 5.86. The molecule has 9 nitrogen and oxygen atoms in total. The van der Waals surface area contributed by atoms with Gasteiger partial charge in [0.2, 0.25) is 5.91 Å². The molecule has 11 heteroatoms. The van der Waals surface area contributed by atoms with Gasteiger partial charge in [-0.15, -0.1) is 0 Å². The smallest absolute Gasteiger partial charge is 0.405 e. The number of aromatic nitrogens is 1. The van der Waals surface area contributed by atoms with E-state index in [4.69, 9.17) is 4.74 Å². The highest BCUT2D eigenvalue weighted by Gasteiger charge is 2.36. The molecule has 2 aliphatic heterocycles. The lowest BCUT2D eigenvalue weighted by Gasteiger charge is -2.40. The number of nitrogens with one attached hydrogen (secondary N) is 1. The molecular formula is C37H43F2N5O4. The predicted molar refractivity (Wildman–Crippen MR) is 180 cm³/mol. The molecule has 3 heterocycles. The van der Waals surface area contributed by atoms with Crippen LogP contribution in [0.2, 0.25) is 0 Å². The van der Waals surface area contributed by atoms with Crippen molar-refractivity contribution in [2.45, 2.75) is 38.8 Å². The fraction of sp³-hybridized carbons (Fsp3) is 0.405. The molecule has 0 saturated carbocycles. The largest absolute Gasteiger partial charge is 0.493 e. The second-order valence-electron chi connectivity index (χ2n) is 12.6. The summed E-state index contributed by atoms with van der Waals surface area (Å²) in [6, 6.07) is 18.8. The first-order valence-corrected chi connectivity index (χ1v) is 16.8. The van der Waals surface area contributed by atoms with Gasteiger partial charge in [0.1, 0.15) is 23.4 Å². The highest BCUT2D eigenvalue weighted by atomic mass is 19.1. The van der Waals surface area contributed by atoms with E-state index >= 15 is 0 Å². The molecule has 2 fully saturated rings. The fourth-order valence-electron chi connectivity index (χ4n) is 7.13. The van der Waals surface area contributed by atoms with Gasteiger partial charge in [-0.3, -0.25) is 9.69 Å². The Morgan fingerprint density at radius 3 is 2.33 bits per heavy atom. The Morgan fingerprint density at radius 1 is 0.896 bits per heavy atom. The van der Waals surface area contributed by atoms with Crippen LogP contribution in [-0.4, -0.2) is 94.8 Å². The Morgan fingerprint density at radius 2 is 1.60 bits per heavy atom. The first-order chi connectivity index (χ1) is 23.3. The van der Waals surface area contributed by atoms with Crippen LogP contribution in [0.15, 0.2) is 72.9 Å². The van der Waals surface area contributed by atoms with Crippen LogP contribution in [0.3, 0.4) is 0 Å². The van der Waals surface area contributed by atoms with Crippen LogP contribution in [-0.2, 0) is 17.8 Å². The minimum atomic E-state index is -1.20. The standard InChI is InChI=1S/C37H43F2N5O4/c1-2-48-34-13-7-10-30(38)29(34)25-42-20-22-43(23-21-42)36(45)35(40-37(46)47)26-14-17-41(18-15-26)19-16-27-24-44(32-11-5-3-8-28(27)32)33-12-6-4-9-31(33)39/h3-13,24,26,35,40H,2,14-23,25H2,1H3,(H,46,47). The molecule has 254 valence electrons. The van der Waals surface area contributed by atoms with Crippen molar-refractivity contribution in [1.82, 2.24) is 24.6 Å². The third-order valence-electron chi connectivity index (χ3n) is 9.69. The summed E-state index contributed by atoms with van der Waals surface area (Å²) < 4.78 is 36.8. The van der Waals surface area contributed by atoms with E-state index in [2.05, 4.69) is 21.2 Å². The lowest BCUT2D eigenvalue weighted by atomic mass is 9.88. The predicted octanol–water partition coefficient (Wildman–Crippen LogP) is 5.54. The Labute approximate surface area is 279 Å². The van der Waals surface area contributed by atoms with Crippen LogP contribution in [0.5, 0.6) is 5.75 Å². The van der Waals surface area contributed by atoms with Crippen molar-refractivity contribution in [2.75, 3.05) is 52.4 Å². The summed E-state index contributed by atoms with van der Waals surface area (Å²) in [4.78, 5) is 31.7. The van der Waals surface area contributed by atoms with Gasteiger partial charge in [0.25, 0.3) is 0 Å². The second kappa shape index (κ2) is 15.2. The number of ether oxygens (including phenoxy) is 1. The van der Waals surface area contributed by atoms with Crippen molar-refractivity contribution >= 4 is 22.9 Å². The third-order valence-corrected chi connectivity index (χ3v) is 9.69. The van der Waals surface area contributed by atoms with Crippen molar-refractivity contribution in [1.29, 1.82) is 0 Å². The molecule has 4 aromatic rings. The summed E-state index contributed by atoms with van der Waals surface area (Å²) >= 11 is 0. The maximum absolute atomic E-state index is 14.7. The Bertz CT molecular complexity index is 1730. The zero-order valence-corrected chi connectivity index (χ0v) is 27.3. The number of benzene rings is 3. The van der Waals surface area contributed by atoms with Crippen LogP contribution >= 0.6 is 0 Å². The van der Waals surface area contributed by atoms with Gasteiger partial charge < -0.3 is 29.5 Å². The van der Waals surface area contributed by atoms with E-state index in [1.807, 2.05) is 42.0 Å². The number of likely N-dealkylation sites (tertiary alicyclic amines) is 1. The van der Waals surface area contributed by atoms with E-state index in [1.54, 1.807) is 29.2 Å². The number of rotatable bonds is 11. The van der Waals surface area contributed by atoms with Gasteiger partial charge in [-0.25, -0.2) is 13.6 Å². The van der Waals surface area contributed by atoms with Gasteiger partial charge in [0, 0.05) is 56.4 Å². The molecule has 2 saturated heterocycles. The van der Waals surface area contributed by atoms with Gasteiger partial charge in [-0.05, 0) is 81.1 Å². The van der Waals surface area contributed by atoms with Crippen molar-refractivity contribution in [2.24, 2.45) is 5.92 Å². The van der Waals surface area contributed by atoms with Crippen LogP contribution in [0.4, 0.5) is 13.6 Å². The fourth-order valence-corrected chi connectivity index (χ4v) is 7.13. The molecule has 2 amide bonds. The number of para-hydroxylation sites is 2. The maximum atomic E-state index is 14.7. The number of carbonyl (C=O) groups is 2. The molecule has 3 aromatic carbocycles. The van der Waals surface area contributed by atoms with Gasteiger partial charge in [0.05, 0.1) is 17.8 Å². The third kappa shape index (κ3) is 7.47. The van der Waals surface area contributed by atoms with Gasteiger partial charge >= 0.3 is 6.09 Å².